The number of fused-ring (bicyclic) bond motifs is 1. The molecule has 2 aliphatic heterocycles. The van der Waals surface area contributed by atoms with E-state index in [1.165, 1.54) is 18.4 Å². The zero-order valence-electron chi connectivity index (χ0n) is 17.4. The van der Waals surface area contributed by atoms with Crippen LogP contribution in [0.25, 0.3) is 10.9 Å². The minimum absolute atomic E-state index is 0.148. The van der Waals surface area contributed by atoms with E-state index >= 15 is 0 Å². The number of ether oxygens (including phenoxy) is 1. The van der Waals surface area contributed by atoms with E-state index in [9.17, 15) is 4.79 Å². The van der Waals surface area contributed by atoms with Crippen molar-refractivity contribution in [3.63, 3.8) is 0 Å². The summed E-state index contributed by atoms with van der Waals surface area (Å²) in [6.45, 7) is 6.08. The SMILES string of the molecule is O=C(c1cn(Cc2ccccc2)c2ccccc12)N1CCN(CC2CCCO2)CC1. The lowest BCUT2D eigenvalue weighted by molar-refractivity contribution is 0.0433. The average molecular weight is 404 g/mol. The number of rotatable bonds is 5. The molecule has 3 heterocycles. The zero-order valence-corrected chi connectivity index (χ0v) is 17.4. The number of aromatic nitrogens is 1. The van der Waals surface area contributed by atoms with Crippen molar-refractivity contribution in [3.05, 3.63) is 71.9 Å². The molecule has 1 amide bonds. The fourth-order valence-corrected chi connectivity index (χ4v) is 4.71. The van der Waals surface area contributed by atoms with E-state index in [1.54, 1.807) is 0 Å². The lowest BCUT2D eigenvalue weighted by Gasteiger charge is -2.35. The Labute approximate surface area is 177 Å². The van der Waals surface area contributed by atoms with Crippen LogP contribution in [0.4, 0.5) is 0 Å². The summed E-state index contributed by atoms with van der Waals surface area (Å²) in [6.07, 6.45) is 4.76. The Morgan fingerprint density at radius 3 is 2.50 bits per heavy atom. The van der Waals surface area contributed by atoms with Crippen LogP contribution >= 0.6 is 0 Å². The molecule has 0 bridgehead atoms. The molecule has 0 spiro atoms. The molecule has 1 aromatic heterocycles. The average Bonchev–Trinajstić information content (AvgIpc) is 3.43. The van der Waals surface area contributed by atoms with E-state index in [2.05, 4.69) is 45.9 Å². The Morgan fingerprint density at radius 1 is 0.967 bits per heavy atom. The number of hydrogen-bond acceptors (Lipinski definition) is 3. The summed E-state index contributed by atoms with van der Waals surface area (Å²) in [5, 5.41) is 1.04. The number of carbonyl (C=O) groups is 1. The fraction of sp³-hybridized carbons (Fsp3) is 0.400. The van der Waals surface area contributed by atoms with E-state index < -0.39 is 0 Å². The van der Waals surface area contributed by atoms with Crippen molar-refractivity contribution >= 4 is 16.8 Å². The highest BCUT2D eigenvalue weighted by Crippen LogP contribution is 2.24. The van der Waals surface area contributed by atoms with Crippen LogP contribution < -0.4 is 0 Å². The van der Waals surface area contributed by atoms with Crippen molar-refractivity contribution in [2.45, 2.75) is 25.5 Å². The van der Waals surface area contributed by atoms with Crippen LogP contribution in [0.3, 0.4) is 0 Å². The number of amides is 1. The van der Waals surface area contributed by atoms with E-state index in [0.29, 0.717) is 6.10 Å². The molecule has 3 aromatic rings. The first-order valence-corrected chi connectivity index (χ1v) is 11.0. The van der Waals surface area contributed by atoms with Gasteiger partial charge in [0.05, 0.1) is 11.7 Å². The third kappa shape index (κ3) is 4.00. The predicted octanol–water partition coefficient (Wildman–Crippen LogP) is 3.63. The van der Waals surface area contributed by atoms with E-state index in [4.69, 9.17) is 4.74 Å². The Kier molecular flexibility index (Phi) is 5.56. The molecule has 2 aliphatic rings. The molecule has 2 fully saturated rings. The van der Waals surface area contributed by atoms with Crippen LogP contribution in [-0.4, -0.2) is 65.7 Å². The zero-order chi connectivity index (χ0) is 20.3. The summed E-state index contributed by atoms with van der Waals surface area (Å²) < 4.78 is 7.97. The third-order valence-electron chi connectivity index (χ3n) is 6.36. The highest BCUT2D eigenvalue weighted by molar-refractivity contribution is 6.07. The molecule has 30 heavy (non-hydrogen) atoms. The van der Waals surface area contributed by atoms with Crippen LogP contribution in [0.2, 0.25) is 0 Å². The number of benzene rings is 2. The summed E-state index contributed by atoms with van der Waals surface area (Å²) >= 11 is 0. The molecule has 1 atom stereocenters. The predicted molar refractivity (Wildman–Crippen MR) is 119 cm³/mol. The Hall–Kier alpha value is -2.63. The van der Waals surface area contributed by atoms with Gasteiger partial charge in [0.15, 0.2) is 0 Å². The van der Waals surface area contributed by atoms with Crippen LogP contribution in [0.5, 0.6) is 0 Å². The fourth-order valence-electron chi connectivity index (χ4n) is 4.71. The van der Waals surface area contributed by atoms with Gasteiger partial charge in [-0.3, -0.25) is 9.69 Å². The molecule has 5 rings (SSSR count). The van der Waals surface area contributed by atoms with Gasteiger partial charge in [0.1, 0.15) is 0 Å². The summed E-state index contributed by atoms with van der Waals surface area (Å²) in [5.41, 5.74) is 3.16. The van der Waals surface area contributed by atoms with Crippen molar-refractivity contribution in [1.82, 2.24) is 14.4 Å². The van der Waals surface area contributed by atoms with Crippen molar-refractivity contribution in [2.75, 3.05) is 39.3 Å². The quantitative estimate of drug-likeness (QED) is 0.653. The van der Waals surface area contributed by atoms with Gasteiger partial charge in [-0.1, -0.05) is 48.5 Å². The third-order valence-corrected chi connectivity index (χ3v) is 6.36. The van der Waals surface area contributed by atoms with Crippen molar-refractivity contribution in [3.8, 4) is 0 Å². The smallest absolute Gasteiger partial charge is 0.256 e. The number of nitrogens with zero attached hydrogens (tertiary/aromatic N) is 3. The van der Waals surface area contributed by atoms with Gasteiger partial charge < -0.3 is 14.2 Å². The monoisotopic (exact) mass is 403 g/mol. The van der Waals surface area contributed by atoms with Crippen molar-refractivity contribution in [2.24, 2.45) is 0 Å². The number of carbonyl (C=O) groups excluding carboxylic acids is 1. The first kappa shape index (κ1) is 19.3. The lowest BCUT2D eigenvalue weighted by atomic mass is 10.1. The second-order valence-corrected chi connectivity index (χ2v) is 8.40. The molecule has 0 saturated carbocycles. The maximum atomic E-state index is 13.4. The van der Waals surface area contributed by atoms with E-state index in [1.807, 2.05) is 29.3 Å². The van der Waals surface area contributed by atoms with Gasteiger partial charge in [0, 0.05) is 63.0 Å². The second-order valence-electron chi connectivity index (χ2n) is 8.40. The first-order valence-electron chi connectivity index (χ1n) is 11.0. The normalized spacial score (nSPS) is 20.1. The molecule has 0 aliphatic carbocycles. The lowest BCUT2D eigenvalue weighted by Crippen LogP contribution is -2.50. The van der Waals surface area contributed by atoms with Crippen molar-refractivity contribution in [1.29, 1.82) is 0 Å². The Morgan fingerprint density at radius 2 is 1.73 bits per heavy atom. The Balaban J connectivity index is 1.31. The summed E-state index contributed by atoms with van der Waals surface area (Å²) in [6, 6.07) is 18.6. The molecule has 1 unspecified atom stereocenters. The topological polar surface area (TPSA) is 37.7 Å². The van der Waals surface area contributed by atoms with Gasteiger partial charge >= 0.3 is 0 Å². The minimum atomic E-state index is 0.148. The Bertz CT molecular complexity index is 1000. The largest absolute Gasteiger partial charge is 0.377 e. The number of para-hydroxylation sites is 1. The van der Waals surface area contributed by atoms with Gasteiger partial charge in [-0.05, 0) is 24.5 Å². The molecule has 2 aromatic carbocycles. The molecule has 0 radical (unpaired) electrons. The standard InChI is InChI=1S/C25H29N3O2/c29-25(27-14-12-26(13-15-27)18-21-9-6-16-30-21)23-19-28(17-20-7-2-1-3-8-20)24-11-5-4-10-22(23)24/h1-5,7-8,10-11,19,21H,6,9,12-18H2. The number of piperazine rings is 1. The summed E-state index contributed by atoms with van der Waals surface area (Å²) in [4.78, 5) is 17.9. The van der Waals surface area contributed by atoms with Crippen molar-refractivity contribution < 1.29 is 9.53 Å². The molecular formula is C25H29N3O2. The van der Waals surface area contributed by atoms with Gasteiger partial charge in [-0.2, -0.15) is 0 Å². The van der Waals surface area contributed by atoms with E-state index in [0.717, 1.165) is 62.3 Å². The minimum Gasteiger partial charge on any atom is -0.377 e. The second kappa shape index (κ2) is 8.62. The molecule has 5 nitrogen and oxygen atoms in total. The van der Waals surface area contributed by atoms with Crippen LogP contribution in [0.1, 0.15) is 28.8 Å². The molecule has 156 valence electrons. The van der Waals surface area contributed by atoms with E-state index in [-0.39, 0.29) is 5.91 Å². The van der Waals surface area contributed by atoms with Crippen LogP contribution in [0.15, 0.2) is 60.8 Å². The highest BCUT2D eigenvalue weighted by atomic mass is 16.5. The highest BCUT2D eigenvalue weighted by Gasteiger charge is 2.27. The van der Waals surface area contributed by atoms with Gasteiger partial charge in [0.25, 0.3) is 5.91 Å². The van der Waals surface area contributed by atoms with Gasteiger partial charge in [-0.15, -0.1) is 0 Å². The molecule has 5 heteroatoms. The van der Waals surface area contributed by atoms with Gasteiger partial charge in [-0.25, -0.2) is 0 Å². The maximum absolute atomic E-state index is 13.4. The summed E-state index contributed by atoms with van der Waals surface area (Å²) in [5.74, 6) is 0.148. The maximum Gasteiger partial charge on any atom is 0.256 e. The van der Waals surface area contributed by atoms with Crippen LogP contribution in [0, 0.1) is 0 Å². The first-order chi connectivity index (χ1) is 14.8. The van der Waals surface area contributed by atoms with Gasteiger partial charge in [0.2, 0.25) is 0 Å². The van der Waals surface area contributed by atoms with Crippen LogP contribution in [-0.2, 0) is 11.3 Å². The molecular weight excluding hydrogens is 374 g/mol. The number of hydrogen-bond donors (Lipinski definition) is 0. The molecule has 0 N–H and O–H groups in total. The summed E-state index contributed by atoms with van der Waals surface area (Å²) in [7, 11) is 0. The molecule has 2 saturated heterocycles.